The molecule has 0 aliphatic heterocycles. The summed E-state index contributed by atoms with van der Waals surface area (Å²) in [5.74, 6) is 1.40. The number of unbranched alkanes of at least 4 members (excludes halogenated alkanes) is 1. The van der Waals surface area contributed by atoms with E-state index < -0.39 is 5.69 Å². The zero-order valence-electron chi connectivity index (χ0n) is 21.7. The van der Waals surface area contributed by atoms with Crippen LogP contribution in [0, 0.1) is 0 Å². The van der Waals surface area contributed by atoms with Gasteiger partial charge >= 0.3 is 5.69 Å². The Bertz CT molecular complexity index is 1660. The standard InChI is InChI=1S/C27H30N8O3/c1-4-5-10-22-28-25-23(26(36)34(15-16-38-3)27(37)33(25)2)35(22)17-18-11-13-19(14-12-18)20-8-6-7-9-21(20)24-29-31-32-30-24/h6-9,11-14H,4-5,10,15-17H2,1-3H3,(H,29,30,31,32). The highest BCUT2D eigenvalue weighted by Crippen LogP contribution is 2.30. The first kappa shape index (κ1) is 25.3. The molecule has 196 valence electrons. The number of imidazole rings is 1. The van der Waals surface area contributed by atoms with Crippen molar-refractivity contribution < 1.29 is 4.74 Å². The van der Waals surface area contributed by atoms with Crippen molar-refractivity contribution in [2.45, 2.75) is 39.3 Å². The molecular weight excluding hydrogens is 484 g/mol. The molecule has 38 heavy (non-hydrogen) atoms. The van der Waals surface area contributed by atoms with E-state index in [1.54, 1.807) is 14.2 Å². The highest BCUT2D eigenvalue weighted by atomic mass is 16.5. The van der Waals surface area contributed by atoms with Crippen molar-refractivity contribution in [2.75, 3.05) is 13.7 Å². The van der Waals surface area contributed by atoms with Gasteiger partial charge in [0.25, 0.3) is 5.56 Å². The fourth-order valence-corrected chi connectivity index (χ4v) is 4.68. The number of tetrazole rings is 1. The molecule has 0 saturated heterocycles. The number of H-pyrrole nitrogens is 1. The minimum Gasteiger partial charge on any atom is -0.383 e. The minimum atomic E-state index is -0.392. The summed E-state index contributed by atoms with van der Waals surface area (Å²) >= 11 is 0. The molecular formula is C27H30N8O3. The summed E-state index contributed by atoms with van der Waals surface area (Å²) in [7, 11) is 3.20. The van der Waals surface area contributed by atoms with Crippen LogP contribution in [0.3, 0.4) is 0 Å². The third-order valence-corrected chi connectivity index (χ3v) is 6.72. The molecule has 0 unspecified atom stereocenters. The average Bonchev–Trinajstić information content (AvgIpc) is 3.60. The van der Waals surface area contributed by atoms with Gasteiger partial charge in [0.15, 0.2) is 17.0 Å². The van der Waals surface area contributed by atoms with Crippen LogP contribution in [0.25, 0.3) is 33.7 Å². The maximum atomic E-state index is 13.5. The van der Waals surface area contributed by atoms with E-state index in [9.17, 15) is 9.59 Å². The van der Waals surface area contributed by atoms with Crippen LogP contribution < -0.4 is 11.2 Å². The van der Waals surface area contributed by atoms with Crippen LogP contribution in [0.15, 0.2) is 58.1 Å². The number of fused-ring (bicyclic) bond motifs is 1. The largest absolute Gasteiger partial charge is 0.383 e. The third kappa shape index (κ3) is 4.68. The predicted octanol–water partition coefficient (Wildman–Crippen LogP) is 2.78. The number of rotatable bonds is 10. The summed E-state index contributed by atoms with van der Waals surface area (Å²) in [6.45, 7) is 3.03. The van der Waals surface area contributed by atoms with Crippen LogP contribution in [0.2, 0.25) is 0 Å². The van der Waals surface area contributed by atoms with Crippen LogP contribution in [0.5, 0.6) is 0 Å². The first-order chi connectivity index (χ1) is 18.5. The van der Waals surface area contributed by atoms with Crippen molar-refractivity contribution in [1.29, 1.82) is 0 Å². The number of ether oxygens (including phenoxy) is 1. The van der Waals surface area contributed by atoms with Gasteiger partial charge in [-0.1, -0.05) is 61.9 Å². The Morgan fingerprint density at radius 1 is 1.00 bits per heavy atom. The normalized spacial score (nSPS) is 11.4. The van der Waals surface area contributed by atoms with Gasteiger partial charge in [-0.3, -0.25) is 13.9 Å². The van der Waals surface area contributed by atoms with Crippen LogP contribution >= 0.6 is 0 Å². The fourth-order valence-electron chi connectivity index (χ4n) is 4.68. The Balaban J connectivity index is 1.56. The molecule has 5 rings (SSSR count). The minimum absolute atomic E-state index is 0.183. The van der Waals surface area contributed by atoms with Gasteiger partial charge in [-0.05, 0) is 33.5 Å². The van der Waals surface area contributed by atoms with Gasteiger partial charge in [0, 0.05) is 32.7 Å². The smallest absolute Gasteiger partial charge is 0.332 e. The number of nitrogens with zero attached hydrogens (tertiary/aromatic N) is 7. The maximum absolute atomic E-state index is 13.5. The molecule has 0 saturated carbocycles. The van der Waals surface area contributed by atoms with Crippen LogP contribution in [0.1, 0.15) is 31.2 Å². The maximum Gasteiger partial charge on any atom is 0.332 e. The fraction of sp³-hybridized carbons (Fsp3) is 0.333. The second kappa shape index (κ2) is 10.9. The summed E-state index contributed by atoms with van der Waals surface area (Å²) in [6.07, 6.45) is 2.64. The first-order valence-corrected chi connectivity index (χ1v) is 12.6. The topological polar surface area (TPSA) is 126 Å². The van der Waals surface area contributed by atoms with Gasteiger partial charge in [-0.25, -0.2) is 14.9 Å². The molecule has 3 aromatic heterocycles. The van der Waals surface area contributed by atoms with E-state index in [1.165, 1.54) is 9.13 Å². The Hall–Kier alpha value is -4.38. The van der Waals surface area contributed by atoms with E-state index in [0.717, 1.165) is 40.9 Å². The molecule has 1 N–H and O–H groups in total. The number of methoxy groups -OCH3 is 1. The number of aromatic nitrogens is 8. The molecule has 0 bridgehead atoms. The average molecular weight is 515 g/mol. The number of aryl methyl sites for hydroxylation is 2. The number of aromatic amines is 1. The molecule has 0 atom stereocenters. The van der Waals surface area contributed by atoms with E-state index in [4.69, 9.17) is 9.72 Å². The SMILES string of the molecule is CCCCc1nc2c(c(=O)n(CCOC)c(=O)n2C)n1Cc1ccc(-c2ccccc2-c2nnn[nH]2)cc1. The molecule has 0 aliphatic carbocycles. The van der Waals surface area contributed by atoms with Crippen molar-refractivity contribution >= 4 is 11.2 Å². The number of nitrogens with one attached hydrogen (secondary N) is 1. The molecule has 0 fully saturated rings. The summed E-state index contributed by atoms with van der Waals surface area (Å²) in [5.41, 5.74) is 4.05. The lowest BCUT2D eigenvalue weighted by atomic mass is 9.98. The lowest BCUT2D eigenvalue weighted by molar-refractivity contribution is 0.184. The van der Waals surface area contributed by atoms with Crippen LogP contribution in [-0.4, -0.2) is 53.0 Å². The highest BCUT2D eigenvalue weighted by molar-refractivity contribution is 5.80. The number of hydrogen-bond donors (Lipinski definition) is 1. The molecule has 0 aliphatic rings. The number of benzene rings is 2. The van der Waals surface area contributed by atoms with Crippen molar-refractivity contribution in [2.24, 2.45) is 7.05 Å². The van der Waals surface area contributed by atoms with Crippen LogP contribution in [0.4, 0.5) is 0 Å². The van der Waals surface area contributed by atoms with E-state index in [0.29, 0.717) is 30.0 Å². The summed E-state index contributed by atoms with van der Waals surface area (Å²) in [5, 5.41) is 14.3. The van der Waals surface area contributed by atoms with Gasteiger partial charge < -0.3 is 9.30 Å². The third-order valence-electron chi connectivity index (χ3n) is 6.72. The molecule has 0 amide bonds. The molecule has 2 aromatic carbocycles. The quantitative estimate of drug-likeness (QED) is 0.304. The lowest BCUT2D eigenvalue weighted by Gasteiger charge is -2.12. The number of hydrogen-bond acceptors (Lipinski definition) is 7. The van der Waals surface area contributed by atoms with E-state index >= 15 is 0 Å². The van der Waals surface area contributed by atoms with Crippen molar-refractivity contribution in [3.05, 3.63) is 80.8 Å². The Kier molecular flexibility index (Phi) is 7.27. The van der Waals surface area contributed by atoms with E-state index in [-0.39, 0.29) is 18.7 Å². The van der Waals surface area contributed by atoms with Gasteiger partial charge in [0.2, 0.25) is 0 Å². The molecule has 0 radical (unpaired) electrons. The second-order valence-electron chi connectivity index (χ2n) is 9.17. The Morgan fingerprint density at radius 2 is 1.76 bits per heavy atom. The van der Waals surface area contributed by atoms with Gasteiger partial charge in [0.05, 0.1) is 13.2 Å². The van der Waals surface area contributed by atoms with Crippen molar-refractivity contribution in [3.63, 3.8) is 0 Å². The van der Waals surface area contributed by atoms with Gasteiger partial charge in [-0.2, -0.15) is 0 Å². The second-order valence-corrected chi connectivity index (χ2v) is 9.17. The molecule has 11 heteroatoms. The van der Waals surface area contributed by atoms with E-state index in [2.05, 4.69) is 39.7 Å². The van der Waals surface area contributed by atoms with Crippen molar-refractivity contribution in [3.8, 4) is 22.5 Å². The van der Waals surface area contributed by atoms with Gasteiger partial charge in [-0.15, -0.1) is 5.10 Å². The Morgan fingerprint density at radius 3 is 2.45 bits per heavy atom. The van der Waals surface area contributed by atoms with Crippen LogP contribution in [-0.2, 0) is 31.3 Å². The molecule has 3 heterocycles. The summed E-state index contributed by atoms with van der Waals surface area (Å²) in [4.78, 5) is 31.2. The van der Waals surface area contributed by atoms with Crippen molar-refractivity contribution in [1.82, 2.24) is 39.3 Å². The van der Waals surface area contributed by atoms with Gasteiger partial charge in [0.1, 0.15) is 5.82 Å². The molecule has 11 nitrogen and oxygen atoms in total. The zero-order valence-corrected chi connectivity index (χ0v) is 21.7. The molecule has 0 spiro atoms. The lowest BCUT2D eigenvalue weighted by Crippen LogP contribution is -2.40. The summed E-state index contributed by atoms with van der Waals surface area (Å²) < 4.78 is 9.77. The predicted molar refractivity (Wildman–Crippen MR) is 144 cm³/mol. The Labute approximate surface area is 218 Å². The first-order valence-electron chi connectivity index (χ1n) is 12.6. The molecule has 5 aromatic rings. The highest BCUT2D eigenvalue weighted by Gasteiger charge is 2.20. The zero-order chi connectivity index (χ0) is 26.6. The summed E-state index contributed by atoms with van der Waals surface area (Å²) in [6, 6.07) is 16.1. The monoisotopic (exact) mass is 514 g/mol. The van der Waals surface area contributed by atoms with E-state index in [1.807, 2.05) is 41.0 Å².